The van der Waals surface area contributed by atoms with Crippen LogP contribution in [0.3, 0.4) is 0 Å². The maximum atomic E-state index is 12.2. The first kappa shape index (κ1) is 18.1. The second-order valence-electron chi connectivity index (χ2n) is 6.20. The highest BCUT2D eigenvalue weighted by Crippen LogP contribution is 2.29. The fraction of sp³-hybridized carbons (Fsp3) is 0.353. The van der Waals surface area contributed by atoms with Gasteiger partial charge in [-0.05, 0) is 19.1 Å². The lowest BCUT2D eigenvalue weighted by Gasteiger charge is -2.33. The summed E-state index contributed by atoms with van der Waals surface area (Å²) in [7, 11) is 0. The van der Waals surface area contributed by atoms with Gasteiger partial charge in [0.15, 0.2) is 5.76 Å². The van der Waals surface area contributed by atoms with Gasteiger partial charge in [-0.25, -0.2) is 0 Å². The smallest absolute Gasteiger partial charge is 0.266 e. The Kier molecular flexibility index (Phi) is 5.05. The number of oxazole rings is 1. The van der Waals surface area contributed by atoms with E-state index in [0.717, 1.165) is 5.01 Å². The number of piperazine rings is 1. The Morgan fingerprint density at radius 3 is 2.82 bits per heavy atom. The molecule has 4 rings (SSSR count). The molecule has 0 aliphatic carbocycles. The number of nitrogens with one attached hydrogen (secondary N) is 1. The Labute approximate surface area is 164 Å². The molecule has 4 heterocycles. The van der Waals surface area contributed by atoms with Gasteiger partial charge in [0.25, 0.3) is 5.89 Å². The van der Waals surface area contributed by atoms with E-state index < -0.39 is 0 Å². The predicted molar refractivity (Wildman–Crippen MR) is 101 cm³/mol. The molecule has 0 atom stereocenters. The van der Waals surface area contributed by atoms with Crippen molar-refractivity contribution >= 4 is 28.3 Å². The molecule has 0 bridgehead atoms. The predicted octanol–water partition coefficient (Wildman–Crippen LogP) is 1.73. The van der Waals surface area contributed by atoms with E-state index in [1.54, 1.807) is 12.1 Å². The molecule has 3 aromatic rings. The number of anilines is 2. The second-order valence-corrected chi connectivity index (χ2v) is 7.38. The lowest BCUT2D eigenvalue weighted by Crippen LogP contribution is -2.48. The molecule has 3 aromatic heterocycles. The van der Waals surface area contributed by atoms with Gasteiger partial charge in [-0.1, -0.05) is 11.3 Å². The summed E-state index contributed by atoms with van der Waals surface area (Å²) in [5.41, 5.74) is 0.226. The number of nitrogens with zero attached hydrogens (tertiary/aromatic N) is 6. The molecular formula is C17H17N7O3S. The summed E-state index contributed by atoms with van der Waals surface area (Å²) in [5, 5.41) is 21.2. The number of hydrogen-bond acceptors (Lipinski definition) is 10. The van der Waals surface area contributed by atoms with Crippen molar-refractivity contribution in [3.63, 3.8) is 0 Å². The molecular weight excluding hydrogens is 382 g/mol. The molecule has 1 saturated heterocycles. The van der Waals surface area contributed by atoms with Gasteiger partial charge < -0.3 is 13.7 Å². The van der Waals surface area contributed by atoms with E-state index in [2.05, 4.69) is 26.6 Å². The van der Waals surface area contributed by atoms with Crippen LogP contribution in [-0.2, 0) is 4.79 Å². The minimum Gasteiger partial charge on any atom is -0.459 e. The largest absolute Gasteiger partial charge is 0.459 e. The molecule has 1 aliphatic rings. The summed E-state index contributed by atoms with van der Waals surface area (Å²) >= 11 is 1.34. The molecule has 0 unspecified atom stereocenters. The molecule has 1 aliphatic heterocycles. The third kappa shape index (κ3) is 3.88. The lowest BCUT2D eigenvalue weighted by atomic mass is 10.3. The van der Waals surface area contributed by atoms with Gasteiger partial charge in [-0.2, -0.15) is 10.2 Å². The highest BCUT2D eigenvalue weighted by atomic mass is 32.1. The third-order valence-electron chi connectivity index (χ3n) is 4.25. The van der Waals surface area contributed by atoms with Gasteiger partial charge in [-0.15, -0.1) is 10.2 Å². The van der Waals surface area contributed by atoms with Gasteiger partial charge in [0.05, 0.1) is 12.8 Å². The highest BCUT2D eigenvalue weighted by molar-refractivity contribution is 7.15. The van der Waals surface area contributed by atoms with Gasteiger partial charge in [0, 0.05) is 26.2 Å². The molecule has 0 aromatic carbocycles. The fourth-order valence-corrected chi connectivity index (χ4v) is 3.53. The van der Waals surface area contributed by atoms with Crippen molar-refractivity contribution in [3.8, 4) is 17.7 Å². The Hall–Kier alpha value is -3.23. The van der Waals surface area contributed by atoms with Crippen LogP contribution in [0.1, 0.15) is 10.7 Å². The van der Waals surface area contributed by atoms with Crippen LogP contribution < -0.4 is 10.2 Å². The van der Waals surface area contributed by atoms with E-state index in [9.17, 15) is 10.1 Å². The average molecular weight is 399 g/mol. The lowest BCUT2D eigenvalue weighted by molar-refractivity contribution is -0.117. The highest BCUT2D eigenvalue weighted by Gasteiger charge is 2.26. The van der Waals surface area contributed by atoms with Crippen LogP contribution in [-0.4, -0.2) is 58.7 Å². The van der Waals surface area contributed by atoms with Crippen LogP contribution in [0, 0.1) is 18.3 Å². The molecule has 10 nitrogen and oxygen atoms in total. The number of carbonyl (C=O) groups excluding carboxylic acids is 1. The number of carbonyl (C=O) groups is 1. The van der Waals surface area contributed by atoms with Gasteiger partial charge in [0.2, 0.25) is 22.6 Å². The Bertz CT molecular complexity index is 997. The number of furan rings is 1. The zero-order valence-corrected chi connectivity index (χ0v) is 15.9. The van der Waals surface area contributed by atoms with E-state index in [1.165, 1.54) is 17.6 Å². The number of rotatable bonds is 5. The number of nitriles is 1. The fourth-order valence-electron chi connectivity index (χ4n) is 2.92. The second kappa shape index (κ2) is 7.79. The van der Waals surface area contributed by atoms with Crippen LogP contribution in [0.2, 0.25) is 0 Å². The Morgan fingerprint density at radius 2 is 2.18 bits per heavy atom. The first-order valence-electron chi connectivity index (χ1n) is 8.64. The summed E-state index contributed by atoms with van der Waals surface area (Å²) < 4.78 is 11.1. The maximum Gasteiger partial charge on any atom is 0.266 e. The first-order chi connectivity index (χ1) is 13.6. The summed E-state index contributed by atoms with van der Waals surface area (Å²) in [6, 6.07) is 5.53. The van der Waals surface area contributed by atoms with Crippen molar-refractivity contribution in [3.05, 3.63) is 29.1 Å². The normalized spacial score (nSPS) is 14.8. The number of amides is 1. The van der Waals surface area contributed by atoms with Crippen molar-refractivity contribution in [2.24, 2.45) is 0 Å². The summed E-state index contributed by atoms with van der Waals surface area (Å²) in [6.45, 7) is 4.65. The minimum absolute atomic E-state index is 0.123. The summed E-state index contributed by atoms with van der Waals surface area (Å²) in [6.07, 6.45) is 1.53. The molecule has 1 amide bonds. The molecule has 11 heteroatoms. The molecule has 1 N–H and O–H groups in total. The Morgan fingerprint density at radius 1 is 1.36 bits per heavy atom. The van der Waals surface area contributed by atoms with Gasteiger partial charge >= 0.3 is 0 Å². The van der Waals surface area contributed by atoms with Crippen molar-refractivity contribution in [1.29, 1.82) is 5.26 Å². The van der Waals surface area contributed by atoms with E-state index in [1.807, 2.05) is 16.7 Å². The van der Waals surface area contributed by atoms with Crippen LogP contribution in [0.4, 0.5) is 11.0 Å². The average Bonchev–Trinajstić information content (AvgIpc) is 3.42. The number of hydrogen-bond donors (Lipinski definition) is 1. The molecule has 0 radical (unpaired) electrons. The first-order valence-corrected chi connectivity index (χ1v) is 9.46. The van der Waals surface area contributed by atoms with Crippen molar-refractivity contribution in [1.82, 2.24) is 20.1 Å². The monoisotopic (exact) mass is 399 g/mol. The van der Waals surface area contributed by atoms with Crippen molar-refractivity contribution in [2.75, 3.05) is 42.9 Å². The minimum atomic E-state index is -0.123. The van der Waals surface area contributed by atoms with Crippen LogP contribution in [0.5, 0.6) is 0 Å². The summed E-state index contributed by atoms with van der Waals surface area (Å²) in [4.78, 5) is 20.4. The molecule has 144 valence electrons. The zero-order chi connectivity index (χ0) is 19.5. The molecule has 0 saturated carbocycles. The van der Waals surface area contributed by atoms with Gasteiger partial charge in [-0.3, -0.25) is 15.0 Å². The van der Waals surface area contributed by atoms with Crippen molar-refractivity contribution < 1.29 is 13.6 Å². The maximum absolute atomic E-state index is 12.2. The van der Waals surface area contributed by atoms with E-state index in [4.69, 9.17) is 8.83 Å². The van der Waals surface area contributed by atoms with Crippen LogP contribution in [0.15, 0.2) is 27.2 Å². The third-order valence-corrected chi connectivity index (χ3v) is 5.00. The van der Waals surface area contributed by atoms with E-state index in [-0.39, 0.29) is 24.0 Å². The molecule has 28 heavy (non-hydrogen) atoms. The number of aromatic nitrogens is 3. The Balaban J connectivity index is 1.35. The zero-order valence-electron chi connectivity index (χ0n) is 15.1. The standard InChI is InChI=1S/C17H17N7O3S/c1-11-21-22-17(28-11)20-14(25)10-23-4-6-24(7-5-23)16-12(9-18)19-15(27-16)13-3-2-8-26-13/h2-3,8H,4-7,10H2,1H3,(H,20,22,25). The van der Waals surface area contributed by atoms with Crippen LogP contribution >= 0.6 is 11.3 Å². The van der Waals surface area contributed by atoms with E-state index in [0.29, 0.717) is 43.0 Å². The number of aryl methyl sites for hydroxylation is 1. The molecule has 1 fully saturated rings. The van der Waals surface area contributed by atoms with Crippen molar-refractivity contribution in [2.45, 2.75) is 6.92 Å². The van der Waals surface area contributed by atoms with Gasteiger partial charge in [0.1, 0.15) is 11.1 Å². The SMILES string of the molecule is Cc1nnc(NC(=O)CN2CCN(c3oc(-c4ccco4)nc3C#N)CC2)s1. The van der Waals surface area contributed by atoms with Crippen LogP contribution in [0.25, 0.3) is 11.7 Å². The van der Waals surface area contributed by atoms with E-state index >= 15 is 0 Å². The topological polar surface area (TPSA) is 124 Å². The molecule has 0 spiro atoms. The summed E-state index contributed by atoms with van der Waals surface area (Å²) in [5.74, 6) is 1.07. The quantitative estimate of drug-likeness (QED) is 0.683.